The molecule has 1 aromatic heterocycles. The second-order valence-electron chi connectivity index (χ2n) is 8.32. The van der Waals surface area contributed by atoms with E-state index in [0.29, 0.717) is 5.82 Å². The molecule has 3 rings (SSSR count). The number of hydrogen-bond donors (Lipinski definition) is 1. The highest BCUT2D eigenvalue weighted by Gasteiger charge is 2.35. The highest BCUT2D eigenvalue weighted by atomic mass is 32.2. The summed E-state index contributed by atoms with van der Waals surface area (Å²) in [7, 11) is 0. The second-order valence-corrected chi connectivity index (χ2v) is 10.3. The van der Waals surface area contributed by atoms with Crippen LogP contribution in [0.1, 0.15) is 58.9 Å². The molecule has 0 saturated carbocycles. The van der Waals surface area contributed by atoms with Crippen molar-refractivity contribution in [2.75, 3.05) is 54.4 Å². The summed E-state index contributed by atoms with van der Waals surface area (Å²) in [6.45, 7) is 19.8. The van der Waals surface area contributed by atoms with Crippen LogP contribution in [-0.2, 0) is 4.79 Å². The first-order chi connectivity index (χ1) is 17.4. The number of nitrogens with zero attached hydrogens (tertiary/aromatic N) is 5. The third kappa shape index (κ3) is 6.37. The number of aromatic nitrogens is 1. The fraction of sp³-hybridized carbons (Fsp3) is 0.481. The molecule has 1 aliphatic rings. The number of hydrogen-bond acceptors (Lipinski definition) is 6. The third-order valence-corrected chi connectivity index (χ3v) is 8.34. The number of allylic oxidation sites excluding steroid dienone is 1. The van der Waals surface area contributed by atoms with Crippen LogP contribution >= 0.6 is 23.1 Å². The van der Waals surface area contributed by atoms with Crippen LogP contribution in [0.3, 0.4) is 0 Å². The first-order valence-corrected chi connectivity index (χ1v) is 14.5. The summed E-state index contributed by atoms with van der Waals surface area (Å²) in [6.07, 6.45) is 2.19. The van der Waals surface area contributed by atoms with Crippen LogP contribution in [0.5, 0.6) is 0 Å². The minimum atomic E-state index is -0.135. The SMILES string of the molecule is CCN(CC)c1ccc(/C=C2\SC(=[N+](CC)CC)N=C2c2sc(N(CC)CC)nc2NC(C)=O)cc1. The molecule has 36 heavy (non-hydrogen) atoms. The van der Waals surface area contributed by atoms with Crippen LogP contribution in [0.2, 0.25) is 0 Å². The van der Waals surface area contributed by atoms with Gasteiger partial charge in [0.05, 0.1) is 18.0 Å². The Morgan fingerprint density at radius 3 is 2.11 bits per heavy atom. The number of thioether (sulfide) groups is 1. The zero-order chi connectivity index (χ0) is 26.2. The summed E-state index contributed by atoms with van der Waals surface area (Å²) in [5.74, 6) is 0.446. The number of anilines is 3. The van der Waals surface area contributed by atoms with Gasteiger partial charge < -0.3 is 15.1 Å². The van der Waals surface area contributed by atoms with Gasteiger partial charge in [0.2, 0.25) is 11.6 Å². The molecule has 1 aromatic carbocycles. The lowest BCUT2D eigenvalue weighted by atomic mass is 10.1. The van der Waals surface area contributed by atoms with Crippen molar-refractivity contribution in [3.63, 3.8) is 0 Å². The summed E-state index contributed by atoms with van der Waals surface area (Å²) in [5, 5.41) is 4.82. The third-order valence-electron chi connectivity index (χ3n) is 6.15. The molecule has 0 atom stereocenters. The molecule has 0 saturated heterocycles. The Bertz CT molecular complexity index is 1140. The molecule has 9 heteroatoms. The van der Waals surface area contributed by atoms with E-state index >= 15 is 0 Å². The molecule has 7 nitrogen and oxygen atoms in total. The van der Waals surface area contributed by atoms with Crippen LogP contribution in [0.4, 0.5) is 16.6 Å². The van der Waals surface area contributed by atoms with E-state index < -0.39 is 0 Å². The number of nitrogens with one attached hydrogen (secondary N) is 1. The van der Waals surface area contributed by atoms with Gasteiger partial charge in [-0.05, 0) is 70.3 Å². The molecule has 0 fully saturated rings. The van der Waals surface area contributed by atoms with Crippen molar-refractivity contribution in [2.45, 2.75) is 48.5 Å². The predicted octanol–water partition coefficient (Wildman–Crippen LogP) is 5.78. The van der Waals surface area contributed by atoms with Crippen molar-refractivity contribution < 1.29 is 9.37 Å². The molecule has 0 spiro atoms. The average molecular weight is 528 g/mol. The van der Waals surface area contributed by atoms with Gasteiger partial charge in [-0.25, -0.2) is 4.98 Å². The van der Waals surface area contributed by atoms with E-state index in [1.165, 1.54) is 12.6 Å². The van der Waals surface area contributed by atoms with E-state index in [1.54, 1.807) is 23.1 Å². The van der Waals surface area contributed by atoms with Gasteiger partial charge >= 0.3 is 5.17 Å². The zero-order valence-electron chi connectivity index (χ0n) is 22.6. The van der Waals surface area contributed by atoms with Gasteiger partial charge in [-0.3, -0.25) is 9.37 Å². The summed E-state index contributed by atoms with van der Waals surface area (Å²) < 4.78 is 2.26. The van der Waals surface area contributed by atoms with Crippen molar-refractivity contribution in [3.05, 3.63) is 39.6 Å². The lowest BCUT2D eigenvalue weighted by Gasteiger charge is -2.20. The fourth-order valence-electron chi connectivity index (χ4n) is 4.08. The molecule has 0 radical (unpaired) electrons. The lowest BCUT2D eigenvalue weighted by molar-refractivity contribution is -0.518. The number of amides is 1. The first kappa shape index (κ1) is 27.9. The standard InChI is InChI=1S/C27H38N6OS2/c1-8-31(9-2)21-16-14-20(15-17-21)18-22-23(29-26(35-22)32(10-3)11-4)24-25(28-19(7)34)30-27(36-24)33(12-5)13-6/h14-18H,8-13H2,1-7H3/p+1/b22-18-. The first-order valence-electron chi connectivity index (χ1n) is 12.9. The molecule has 1 N–H and O–H groups in total. The Morgan fingerprint density at radius 2 is 1.58 bits per heavy atom. The second kappa shape index (κ2) is 13.1. The van der Waals surface area contributed by atoms with Crippen LogP contribution < -0.4 is 15.1 Å². The molecule has 0 unspecified atom stereocenters. The Labute approximate surface area is 224 Å². The van der Waals surface area contributed by atoms with E-state index in [-0.39, 0.29) is 5.91 Å². The van der Waals surface area contributed by atoms with Crippen molar-refractivity contribution in [1.82, 2.24) is 4.98 Å². The van der Waals surface area contributed by atoms with Crippen LogP contribution in [0.25, 0.3) is 6.08 Å². The van der Waals surface area contributed by atoms with Gasteiger partial charge in [-0.1, -0.05) is 23.5 Å². The number of aliphatic imine (C=N–C) groups is 1. The van der Waals surface area contributed by atoms with Gasteiger partial charge in [0, 0.05) is 50.6 Å². The van der Waals surface area contributed by atoms with Crippen molar-refractivity contribution >= 4 is 62.6 Å². The fourth-order valence-corrected chi connectivity index (χ4v) is 6.46. The van der Waals surface area contributed by atoms with E-state index in [9.17, 15) is 4.79 Å². The minimum Gasteiger partial charge on any atom is -0.372 e. The largest absolute Gasteiger partial charge is 0.372 e. The molecule has 194 valence electrons. The molecule has 0 bridgehead atoms. The van der Waals surface area contributed by atoms with Gasteiger partial charge in [0.25, 0.3) is 0 Å². The minimum absolute atomic E-state index is 0.135. The van der Waals surface area contributed by atoms with E-state index in [0.717, 1.165) is 70.6 Å². The number of carbonyl (C=O) groups excluding carboxylic acids is 1. The number of thiazole rings is 1. The molecule has 1 aliphatic heterocycles. The number of benzene rings is 1. The lowest BCUT2D eigenvalue weighted by Crippen LogP contribution is -2.21. The Kier molecular flexibility index (Phi) is 10.1. The van der Waals surface area contributed by atoms with Gasteiger partial charge in [0.1, 0.15) is 4.88 Å². The van der Waals surface area contributed by atoms with Crippen LogP contribution in [0, 0.1) is 0 Å². The van der Waals surface area contributed by atoms with Gasteiger partial charge in [0.15, 0.2) is 10.9 Å². The average Bonchev–Trinajstić information content (AvgIpc) is 3.46. The van der Waals surface area contributed by atoms with Gasteiger partial charge in [-0.2, -0.15) is 0 Å². The number of amidine groups is 1. The van der Waals surface area contributed by atoms with Crippen molar-refractivity contribution in [3.8, 4) is 0 Å². The normalized spacial score (nSPS) is 14.2. The highest BCUT2D eigenvalue weighted by molar-refractivity contribution is 8.18. The molecular weight excluding hydrogens is 488 g/mol. The maximum absolute atomic E-state index is 12.0. The Morgan fingerprint density at radius 1 is 0.972 bits per heavy atom. The maximum Gasteiger partial charge on any atom is 0.360 e. The monoisotopic (exact) mass is 527 g/mol. The summed E-state index contributed by atoms with van der Waals surface area (Å²) in [4.78, 5) is 28.4. The van der Waals surface area contributed by atoms with Crippen LogP contribution in [-0.4, -0.2) is 65.6 Å². The molecule has 1 amide bonds. The van der Waals surface area contributed by atoms with Crippen LogP contribution in [0.15, 0.2) is 34.2 Å². The number of carbonyl (C=O) groups is 1. The van der Waals surface area contributed by atoms with Gasteiger partial charge in [-0.15, -0.1) is 0 Å². The molecular formula is C27H39N6OS2+. The quantitative estimate of drug-likeness (QED) is 0.375. The summed E-state index contributed by atoms with van der Waals surface area (Å²) >= 11 is 3.27. The van der Waals surface area contributed by atoms with E-state index in [1.807, 2.05) is 0 Å². The van der Waals surface area contributed by atoms with E-state index in [4.69, 9.17) is 9.98 Å². The Hall–Kier alpha value is -2.65. The Balaban J connectivity index is 2.12. The van der Waals surface area contributed by atoms with Crippen molar-refractivity contribution in [2.24, 2.45) is 4.99 Å². The number of rotatable bonds is 11. The molecule has 2 heterocycles. The smallest absolute Gasteiger partial charge is 0.360 e. The maximum atomic E-state index is 12.0. The van der Waals surface area contributed by atoms with Crippen molar-refractivity contribution in [1.29, 1.82) is 0 Å². The molecule has 2 aromatic rings. The molecule has 0 aliphatic carbocycles. The summed E-state index contributed by atoms with van der Waals surface area (Å²) in [5.41, 5.74) is 3.22. The summed E-state index contributed by atoms with van der Waals surface area (Å²) in [6, 6.07) is 8.69. The predicted molar refractivity (Wildman–Crippen MR) is 158 cm³/mol. The van der Waals surface area contributed by atoms with E-state index in [2.05, 4.69) is 91.6 Å². The topological polar surface area (TPSA) is 63.8 Å². The highest BCUT2D eigenvalue weighted by Crippen LogP contribution is 2.39. The zero-order valence-corrected chi connectivity index (χ0v) is 24.2.